The lowest BCUT2D eigenvalue weighted by atomic mass is 9.56. The van der Waals surface area contributed by atoms with Gasteiger partial charge in [0.05, 0.1) is 23.1 Å². The Morgan fingerprint density at radius 2 is 1.73 bits per heavy atom. The quantitative estimate of drug-likeness (QED) is 0.321. The van der Waals surface area contributed by atoms with Crippen LogP contribution in [0, 0.1) is 24.7 Å². The predicted molar refractivity (Wildman–Crippen MR) is 144 cm³/mol. The number of nitrogens with zero attached hydrogens (tertiary/aromatic N) is 2. The number of hydrogen-bond donors (Lipinski definition) is 2. The number of anilines is 1. The molecule has 0 radical (unpaired) electrons. The molecular weight excluding hydrogens is 559 g/mol. The van der Waals surface area contributed by atoms with Crippen LogP contribution in [0.25, 0.3) is 0 Å². The molecule has 1 saturated carbocycles. The second-order valence-corrected chi connectivity index (χ2v) is 12.2. The molecule has 2 aliphatic heterocycles. The van der Waals surface area contributed by atoms with Crippen LogP contribution in [0.2, 0.25) is 0 Å². The molecule has 11 heteroatoms. The van der Waals surface area contributed by atoms with Gasteiger partial charge in [-0.2, -0.15) is 0 Å². The van der Waals surface area contributed by atoms with Crippen LogP contribution >= 0.6 is 23.2 Å². The summed E-state index contributed by atoms with van der Waals surface area (Å²) in [6.45, 7) is 1.69. The van der Waals surface area contributed by atoms with Crippen LogP contribution in [0.1, 0.15) is 40.2 Å². The van der Waals surface area contributed by atoms with E-state index in [1.807, 2.05) is 6.08 Å². The number of aromatic hydroxyl groups is 1. The van der Waals surface area contributed by atoms with E-state index in [1.54, 1.807) is 19.1 Å². The maximum atomic E-state index is 14.0. The number of alkyl halides is 2. The first-order chi connectivity index (χ1) is 18.8. The number of likely N-dealkylation sites (tertiary alicyclic amines) is 1. The lowest BCUT2D eigenvalue weighted by Gasteiger charge is -2.50. The van der Waals surface area contributed by atoms with Gasteiger partial charge < -0.3 is 10.2 Å². The summed E-state index contributed by atoms with van der Waals surface area (Å²) >= 11 is 14.3. The molecule has 6 rings (SSSR count). The molecule has 40 heavy (non-hydrogen) atoms. The van der Waals surface area contributed by atoms with Crippen molar-refractivity contribution in [2.24, 2.45) is 17.8 Å². The minimum atomic E-state index is -1.90. The second-order valence-electron chi connectivity index (χ2n) is 10.9. The van der Waals surface area contributed by atoms with Gasteiger partial charge in [-0.15, -0.1) is 23.2 Å². The molecule has 2 aromatic carbocycles. The van der Waals surface area contributed by atoms with Crippen molar-refractivity contribution in [3.63, 3.8) is 0 Å². The number of benzene rings is 2. The van der Waals surface area contributed by atoms with Crippen molar-refractivity contribution >= 4 is 58.5 Å². The van der Waals surface area contributed by atoms with Crippen molar-refractivity contribution in [2.45, 2.75) is 35.4 Å². The number of aromatic carboxylic acids is 1. The van der Waals surface area contributed by atoms with E-state index in [2.05, 4.69) is 0 Å². The van der Waals surface area contributed by atoms with E-state index in [9.17, 15) is 34.2 Å². The van der Waals surface area contributed by atoms with Crippen LogP contribution < -0.4 is 4.90 Å². The fourth-order valence-electron chi connectivity index (χ4n) is 7.01. The summed E-state index contributed by atoms with van der Waals surface area (Å²) < 4.78 is 0. The SMILES string of the molecule is Cc1cc([C@H]2C3=CC[C@@H]4C(=O)N(c5cccc(C(=O)O)c5)C(=O)[C@@H]4[C@@H]3C[C@@]3(Cl)C(=O)N(C)C(=O)[C@@]23Cl)ccc1O. The van der Waals surface area contributed by atoms with Crippen molar-refractivity contribution in [1.82, 2.24) is 4.90 Å². The molecule has 0 spiro atoms. The molecule has 6 atom stereocenters. The number of fused-ring (bicyclic) bond motifs is 4. The summed E-state index contributed by atoms with van der Waals surface area (Å²) in [6, 6.07) is 10.4. The van der Waals surface area contributed by atoms with Crippen LogP contribution in [0.3, 0.4) is 0 Å². The minimum absolute atomic E-state index is 0.0382. The average molecular weight is 583 g/mol. The minimum Gasteiger partial charge on any atom is -0.508 e. The maximum Gasteiger partial charge on any atom is 0.335 e. The Labute approximate surface area is 239 Å². The first-order valence-electron chi connectivity index (χ1n) is 12.7. The van der Waals surface area contributed by atoms with E-state index in [4.69, 9.17) is 23.2 Å². The van der Waals surface area contributed by atoms with E-state index in [0.717, 1.165) is 9.80 Å². The van der Waals surface area contributed by atoms with Crippen LogP contribution in [-0.4, -0.2) is 61.5 Å². The van der Waals surface area contributed by atoms with Gasteiger partial charge >= 0.3 is 5.97 Å². The number of rotatable bonds is 3. The molecule has 9 nitrogen and oxygen atoms in total. The molecule has 2 aliphatic carbocycles. The lowest BCUT2D eigenvalue weighted by Crippen LogP contribution is -2.60. The first-order valence-corrected chi connectivity index (χ1v) is 13.5. The van der Waals surface area contributed by atoms with Crippen molar-refractivity contribution in [3.8, 4) is 5.75 Å². The Morgan fingerprint density at radius 1 is 1.00 bits per heavy atom. The van der Waals surface area contributed by atoms with E-state index in [1.165, 1.54) is 37.4 Å². The topological polar surface area (TPSA) is 132 Å². The lowest BCUT2D eigenvalue weighted by molar-refractivity contribution is -0.138. The number of carbonyl (C=O) groups is 5. The first kappa shape index (κ1) is 26.5. The molecule has 2 aromatic rings. The summed E-state index contributed by atoms with van der Waals surface area (Å²) in [6.07, 6.45) is 1.86. The standard InChI is InChI=1S/C29H24Cl2N2O7/c1-13-10-14(6-9-20(13)34)22-17-7-8-18-21(19(17)12-28(30)26(39)32(2)27(40)29(22,28)31)24(36)33(23(18)35)16-5-3-4-15(11-16)25(37)38/h3-7,9-11,18-19,21-22,34H,8,12H2,1-2H3,(H,37,38)/t18-,19+,21-,22-,28+,29-/m0/s1. The summed E-state index contributed by atoms with van der Waals surface area (Å²) in [5.74, 6) is -6.77. The molecule has 4 amide bonds. The number of carbonyl (C=O) groups excluding carboxylic acids is 4. The normalized spacial score (nSPS) is 33.0. The molecular formula is C29H24Cl2N2O7. The smallest absolute Gasteiger partial charge is 0.335 e. The number of hydrogen-bond acceptors (Lipinski definition) is 6. The largest absolute Gasteiger partial charge is 0.508 e. The number of halogens is 2. The van der Waals surface area contributed by atoms with Crippen LogP contribution in [0.5, 0.6) is 5.75 Å². The van der Waals surface area contributed by atoms with Crippen molar-refractivity contribution < 1.29 is 34.2 Å². The number of imide groups is 2. The summed E-state index contributed by atoms with van der Waals surface area (Å²) in [7, 11) is 1.32. The van der Waals surface area contributed by atoms with Gasteiger partial charge in [0.2, 0.25) is 11.8 Å². The van der Waals surface area contributed by atoms with Crippen LogP contribution in [0.15, 0.2) is 54.1 Å². The van der Waals surface area contributed by atoms with E-state index in [0.29, 0.717) is 16.7 Å². The van der Waals surface area contributed by atoms with Crippen LogP contribution in [0.4, 0.5) is 5.69 Å². The van der Waals surface area contributed by atoms with Crippen LogP contribution in [-0.2, 0) is 19.2 Å². The highest BCUT2D eigenvalue weighted by molar-refractivity contribution is 6.53. The monoisotopic (exact) mass is 582 g/mol. The fourth-order valence-corrected chi connectivity index (χ4v) is 8.03. The third-order valence-electron chi connectivity index (χ3n) is 8.92. The molecule has 2 N–H and O–H groups in total. The third kappa shape index (κ3) is 3.25. The fraction of sp³-hybridized carbons (Fsp3) is 0.345. The van der Waals surface area contributed by atoms with Gasteiger partial charge in [-0.3, -0.25) is 29.0 Å². The number of phenols is 1. The van der Waals surface area contributed by atoms with E-state index >= 15 is 0 Å². The average Bonchev–Trinajstić information content (AvgIpc) is 3.25. The van der Waals surface area contributed by atoms with Gasteiger partial charge in [0, 0.05) is 13.0 Å². The zero-order valence-electron chi connectivity index (χ0n) is 21.4. The Bertz CT molecular complexity index is 1590. The zero-order chi connectivity index (χ0) is 28.9. The van der Waals surface area contributed by atoms with Gasteiger partial charge in [0.15, 0.2) is 9.75 Å². The number of aryl methyl sites for hydroxylation is 1. The van der Waals surface area contributed by atoms with Gasteiger partial charge in [0.1, 0.15) is 5.75 Å². The molecule has 2 saturated heterocycles. The number of carboxylic acid groups (broad SMARTS) is 1. The van der Waals surface area contributed by atoms with Gasteiger partial charge in [-0.25, -0.2) is 4.79 Å². The summed E-state index contributed by atoms with van der Waals surface area (Å²) in [5.41, 5.74) is 1.78. The molecule has 0 aromatic heterocycles. The van der Waals surface area contributed by atoms with Gasteiger partial charge in [-0.1, -0.05) is 29.8 Å². The van der Waals surface area contributed by atoms with Crippen molar-refractivity contribution in [2.75, 3.05) is 11.9 Å². The molecule has 0 unspecified atom stereocenters. The Morgan fingerprint density at radius 3 is 2.40 bits per heavy atom. The Hall–Kier alpha value is -3.69. The predicted octanol–water partition coefficient (Wildman–Crippen LogP) is 3.59. The maximum absolute atomic E-state index is 14.0. The van der Waals surface area contributed by atoms with Crippen molar-refractivity contribution in [1.29, 1.82) is 0 Å². The van der Waals surface area contributed by atoms with Crippen molar-refractivity contribution in [3.05, 3.63) is 70.8 Å². The number of allylic oxidation sites excluding steroid dienone is 2. The van der Waals surface area contributed by atoms with E-state index in [-0.39, 0.29) is 29.8 Å². The Kier molecular flexibility index (Phi) is 5.74. The molecule has 206 valence electrons. The highest BCUT2D eigenvalue weighted by Crippen LogP contribution is 2.65. The number of carboxylic acids is 1. The van der Waals surface area contributed by atoms with E-state index < -0.39 is 63.0 Å². The number of phenolic OH excluding ortho intramolecular Hbond substituents is 1. The zero-order valence-corrected chi connectivity index (χ0v) is 22.9. The Balaban J connectivity index is 1.50. The summed E-state index contributed by atoms with van der Waals surface area (Å²) in [5, 5.41) is 19.6. The molecule has 0 bridgehead atoms. The number of amides is 4. The van der Waals surface area contributed by atoms with Gasteiger partial charge in [0.25, 0.3) is 11.8 Å². The second kappa shape index (κ2) is 8.65. The summed E-state index contributed by atoms with van der Waals surface area (Å²) in [4.78, 5) is 64.3. The molecule has 4 aliphatic rings. The molecule has 2 heterocycles. The third-order valence-corrected chi connectivity index (χ3v) is 10.3. The van der Waals surface area contributed by atoms with Gasteiger partial charge in [-0.05, 0) is 61.1 Å². The molecule has 3 fully saturated rings. The highest BCUT2D eigenvalue weighted by Gasteiger charge is 2.75. The highest BCUT2D eigenvalue weighted by atomic mass is 35.5.